The number of nitrogens with one attached hydrogen (secondary N) is 2. The molecule has 0 unspecified atom stereocenters. The highest BCUT2D eigenvalue weighted by Gasteiger charge is 2.21. The standard InChI is InChI=1S/C28H24N2O4S2/c1-35(31,32)25-17-23(29-27(25)19-10-5-3-6-11-19)21-14-9-15-22(16-21)24-18-26(36(2,33)34)28(30-24)20-12-7-4-8-13-20/h3-18,29-30H,1-2H3. The molecular formula is C28H24N2O4S2. The molecule has 0 aliphatic carbocycles. The fourth-order valence-corrected chi connectivity index (χ4v) is 6.00. The van der Waals surface area contributed by atoms with Crippen LogP contribution >= 0.6 is 0 Å². The number of H-pyrrole nitrogens is 2. The van der Waals surface area contributed by atoms with Gasteiger partial charge in [0.1, 0.15) is 0 Å². The Bertz CT molecular complexity index is 1640. The maximum Gasteiger partial charge on any atom is 0.177 e. The highest BCUT2D eigenvalue weighted by Crippen LogP contribution is 2.35. The summed E-state index contributed by atoms with van der Waals surface area (Å²) >= 11 is 0. The predicted molar refractivity (Wildman–Crippen MR) is 143 cm³/mol. The Kier molecular flexibility index (Phi) is 5.94. The summed E-state index contributed by atoms with van der Waals surface area (Å²) in [5.74, 6) is 0. The molecule has 5 aromatic rings. The summed E-state index contributed by atoms with van der Waals surface area (Å²) in [6, 6.07) is 29.4. The van der Waals surface area contributed by atoms with Crippen LogP contribution in [-0.2, 0) is 19.7 Å². The number of rotatable bonds is 6. The summed E-state index contributed by atoms with van der Waals surface area (Å²) in [5, 5.41) is 0. The zero-order valence-electron chi connectivity index (χ0n) is 19.7. The second-order valence-corrected chi connectivity index (χ2v) is 12.7. The monoisotopic (exact) mass is 516 g/mol. The molecule has 2 N–H and O–H groups in total. The van der Waals surface area contributed by atoms with Crippen LogP contribution in [0.2, 0.25) is 0 Å². The Labute approximate surface area is 210 Å². The van der Waals surface area contributed by atoms with E-state index in [2.05, 4.69) is 9.97 Å². The van der Waals surface area contributed by atoms with Gasteiger partial charge in [0.2, 0.25) is 0 Å². The van der Waals surface area contributed by atoms with E-state index in [1.54, 1.807) is 12.1 Å². The lowest BCUT2D eigenvalue weighted by Crippen LogP contribution is -1.97. The molecule has 8 heteroatoms. The number of hydrogen-bond donors (Lipinski definition) is 2. The summed E-state index contributed by atoms with van der Waals surface area (Å²) in [6.45, 7) is 0. The SMILES string of the molecule is CS(=O)(=O)c1cc(-c2cccc(-c3cc(S(C)(=O)=O)c(-c4ccccc4)[nH]3)c2)[nH]c1-c1ccccc1. The molecule has 182 valence electrons. The lowest BCUT2D eigenvalue weighted by atomic mass is 10.1. The smallest absolute Gasteiger partial charge is 0.177 e. The van der Waals surface area contributed by atoms with Gasteiger partial charge >= 0.3 is 0 Å². The van der Waals surface area contributed by atoms with Crippen molar-refractivity contribution in [2.45, 2.75) is 9.79 Å². The van der Waals surface area contributed by atoms with Crippen LogP contribution in [0.4, 0.5) is 0 Å². The first-order valence-electron chi connectivity index (χ1n) is 11.2. The number of aromatic amines is 2. The van der Waals surface area contributed by atoms with E-state index in [9.17, 15) is 16.8 Å². The summed E-state index contributed by atoms with van der Waals surface area (Å²) in [5.41, 5.74) is 5.45. The van der Waals surface area contributed by atoms with E-state index < -0.39 is 19.7 Å². The van der Waals surface area contributed by atoms with Gasteiger partial charge in [-0.3, -0.25) is 0 Å². The van der Waals surface area contributed by atoms with Gasteiger partial charge in [0.25, 0.3) is 0 Å². The molecule has 0 bridgehead atoms. The van der Waals surface area contributed by atoms with Crippen molar-refractivity contribution >= 4 is 19.7 Å². The molecule has 0 fully saturated rings. The Hall–Kier alpha value is -3.88. The van der Waals surface area contributed by atoms with E-state index >= 15 is 0 Å². The van der Waals surface area contributed by atoms with Crippen molar-refractivity contribution in [3.8, 4) is 45.0 Å². The van der Waals surface area contributed by atoms with E-state index in [1.807, 2.05) is 84.9 Å². The third-order valence-electron chi connectivity index (χ3n) is 5.97. The lowest BCUT2D eigenvalue weighted by Gasteiger charge is -2.04. The molecule has 0 saturated heterocycles. The highest BCUT2D eigenvalue weighted by atomic mass is 32.2. The number of aromatic nitrogens is 2. The van der Waals surface area contributed by atoms with Crippen molar-refractivity contribution in [2.24, 2.45) is 0 Å². The minimum atomic E-state index is -3.48. The Morgan fingerprint density at radius 2 is 0.833 bits per heavy atom. The summed E-state index contributed by atoms with van der Waals surface area (Å²) in [4.78, 5) is 7.01. The fraction of sp³-hybridized carbons (Fsp3) is 0.0714. The maximum atomic E-state index is 12.5. The molecule has 0 saturated carbocycles. The van der Waals surface area contributed by atoms with Crippen LogP contribution in [0.15, 0.2) is 107 Å². The van der Waals surface area contributed by atoms with Gasteiger partial charge in [-0.25, -0.2) is 16.8 Å². The van der Waals surface area contributed by atoms with Gasteiger partial charge in [0.05, 0.1) is 21.2 Å². The van der Waals surface area contributed by atoms with Crippen LogP contribution in [0.5, 0.6) is 0 Å². The zero-order valence-corrected chi connectivity index (χ0v) is 21.3. The molecular weight excluding hydrogens is 492 g/mol. The first kappa shape index (κ1) is 23.8. The van der Waals surface area contributed by atoms with Crippen molar-refractivity contribution in [3.63, 3.8) is 0 Å². The molecule has 0 spiro atoms. The van der Waals surface area contributed by atoms with Crippen LogP contribution in [0.25, 0.3) is 45.0 Å². The maximum absolute atomic E-state index is 12.5. The van der Waals surface area contributed by atoms with Crippen molar-refractivity contribution in [2.75, 3.05) is 12.5 Å². The average Bonchev–Trinajstić information content (AvgIpc) is 3.51. The van der Waals surface area contributed by atoms with Gasteiger partial charge in [0, 0.05) is 23.9 Å². The largest absolute Gasteiger partial charge is 0.353 e. The first-order chi connectivity index (χ1) is 17.1. The Morgan fingerprint density at radius 3 is 1.19 bits per heavy atom. The molecule has 3 aromatic carbocycles. The van der Waals surface area contributed by atoms with Gasteiger partial charge in [0.15, 0.2) is 19.7 Å². The van der Waals surface area contributed by atoms with Crippen LogP contribution in [0.3, 0.4) is 0 Å². The van der Waals surface area contributed by atoms with Crippen LogP contribution in [0, 0.1) is 0 Å². The third-order valence-corrected chi connectivity index (χ3v) is 8.21. The van der Waals surface area contributed by atoms with Gasteiger partial charge in [-0.1, -0.05) is 78.9 Å². The zero-order chi connectivity index (χ0) is 25.5. The van der Waals surface area contributed by atoms with Gasteiger partial charge in [-0.15, -0.1) is 0 Å². The average molecular weight is 517 g/mol. The quantitative estimate of drug-likeness (QED) is 0.297. The fourth-order valence-electron chi connectivity index (χ4n) is 4.26. The van der Waals surface area contributed by atoms with Gasteiger partial charge < -0.3 is 9.97 Å². The molecule has 5 rings (SSSR count). The number of sulfone groups is 2. The molecule has 0 radical (unpaired) electrons. The minimum Gasteiger partial charge on any atom is -0.353 e. The molecule has 0 amide bonds. The second kappa shape index (κ2) is 8.96. The van der Waals surface area contributed by atoms with E-state index in [-0.39, 0.29) is 9.79 Å². The van der Waals surface area contributed by atoms with Gasteiger partial charge in [-0.2, -0.15) is 0 Å². The second-order valence-electron chi connectivity index (χ2n) is 8.70. The topological polar surface area (TPSA) is 99.9 Å². The molecule has 2 aromatic heterocycles. The Balaban J connectivity index is 1.63. The van der Waals surface area contributed by atoms with Crippen molar-refractivity contribution in [3.05, 3.63) is 97.1 Å². The number of hydrogen-bond acceptors (Lipinski definition) is 4. The summed E-state index contributed by atoms with van der Waals surface area (Å²) in [7, 11) is -6.97. The normalized spacial score (nSPS) is 12.1. The van der Waals surface area contributed by atoms with Crippen LogP contribution < -0.4 is 0 Å². The number of benzene rings is 3. The predicted octanol–water partition coefficient (Wildman–Crippen LogP) is 5.82. The van der Waals surface area contributed by atoms with Crippen molar-refractivity contribution < 1.29 is 16.8 Å². The molecule has 2 heterocycles. The van der Waals surface area contributed by atoms with Crippen LogP contribution in [-0.4, -0.2) is 39.3 Å². The molecule has 0 aliphatic rings. The van der Waals surface area contributed by atoms with Crippen molar-refractivity contribution in [1.29, 1.82) is 0 Å². The summed E-state index contributed by atoms with van der Waals surface area (Å²) in [6.07, 6.45) is 2.39. The minimum absolute atomic E-state index is 0.222. The van der Waals surface area contributed by atoms with E-state index in [0.29, 0.717) is 22.8 Å². The highest BCUT2D eigenvalue weighted by molar-refractivity contribution is 7.91. The molecule has 0 aliphatic heterocycles. The van der Waals surface area contributed by atoms with E-state index in [0.717, 1.165) is 22.3 Å². The summed E-state index contributed by atoms with van der Waals surface area (Å²) < 4.78 is 50.2. The van der Waals surface area contributed by atoms with Crippen molar-refractivity contribution in [1.82, 2.24) is 9.97 Å². The molecule has 36 heavy (non-hydrogen) atoms. The van der Waals surface area contributed by atoms with E-state index in [1.165, 1.54) is 12.5 Å². The van der Waals surface area contributed by atoms with Gasteiger partial charge in [-0.05, 0) is 40.5 Å². The van der Waals surface area contributed by atoms with E-state index in [4.69, 9.17) is 0 Å². The van der Waals surface area contributed by atoms with Crippen LogP contribution in [0.1, 0.15) is 0 Å². The molecule has 6 nitrogen and oxygen atoms in total. The Morgan fingerprint density at radius 1 is 0.472 bits per heavy atom. The third kappa shape index (κ3) is 4.65. The first-order valence-corrected chi connectivity index (χ1v) is 15.0. The lowest BCUT2D eigenvalue weighted by molar-refractivity contribution is 0.600. The molecule has 0 atom stereocenters.